The molecule has 0 unspecified atom stereocenters. The number of aromatic nitrogens is 6. The molecule has 0 spiro atoms. The van der Waals surface area contributed by atoms with Gasteiger partial charge in [0.05, 0.1) is 21.7 Å². The number of benzene rings is 2. The second-order valence-corrected chi connectivity index (χ2v) is 9.87. The van der Waals surface area contributed by atoms with Crippen LogP contribution in [0.15, 0.2) is 53.7 Å². The van der Waals surface area contributed by atoms with Crippen molar-refractivity contribution in [2.45, 2.75) is 25.9 Å². The molecule has 0 aliphatic carbocycles. The minimum absolute atomic E-state index is 0.144. The summed E-state index contributed by atoms with van der Waals surface area (Å²) >= 11 is 2.87. The number of nitrogen functional groups attached to an aromatic ring is 1. The maximum atomic E-state index is 12.5. The van der Waals surface area contributed by atoms with Crippen molar-refractivity contribution in [3.05, 3.63) is 65.5 Å². The predicted octanol–water partition coefficient (Wildman–Crippen LogP) is 4.11. The van der Waals surface area contributed by atoms with E-state index in [4.69, 9.17) is 10.8 Å². The third-order valence-electron chi connectivity index (χ3n) is 5.14. The van der Waals surface area contributed by atoms with Crippen LogP contribution in [0.3, 0.4) is 0 Å². The van der Waals surface area contributed by atoms with Crippen molar-refractivity contribution in [2.75, 3.05) is 16.9 Å². The van der Waals surface area contributed by atoms with E-state index in [9.17, 15) is 4.79 Å². The maximum Gasteiger partial charge on any atom is 0.271 e. The van der Waals surface area contributed by atoms with Crippen LogP contribution in [0.4, 0.5) is 5.69 Å². The SMILES string of the molecule is Cc1ccc2nc(-c3ccc(NC(=O)CSc4nnc(-n5nc(C)cc5C)n4N)cc3)sc2c1. The largest absolute Gasteiger partial charge is 0.334 e. The van der Waals surface area contributed by atoms with Crippen LogP contribution in [0.25, 0.3) is 26.7 Å². The number of fused-ring (bicyclic) bond motifs is 1. The van der Waals surface area contributed by atoms with Gasteiger partial charge in [-0.25, -0.2) is 14.3 Å². The van der Waals surface area contributed by atoms with Crippen molar-refractivity contribution < 1.29 is 4.79 Å². The molecule has 3 heterocycles. The Hall–Kier alpha value is -3.70. The maximum absolute atomic E-state index is 12.5. The number of carbonyl (C=O) groups is 1. The van der Waals surface area contributed by atoms with E-state index >= 15 is 0 Å². The van der Waals surface area contributed by atoms with E-state index in [1.54, 1.807) is 16.0 Å². The molecule has 0 atom stereocenters. The van der Waals surface area contributed by atoms with Crippen molar-refractivity contribution in [3.63, 3.8) is 0 Å². The number of thioether (sulfide) groups is 1. The number of carbonyl (C=O) groups excluding carboxylic acids is 1. The summed E-state index contributed by atoms with van der Waals surface area (Å²) in [5.74, 6) is 6.51. The quantitative estimate of drug-likeness (QED) is 0.272. The average molecular weight is 491 g/mol. The summed E-state index contributed by atoms with van der Waals surface area (Å²) in [6, 6.07) is 15.9. The summed E-state index contributed by atoms with van der Waals surface area (Å²) in [5.41, 5.74) is 5.69. The summed E-state index contributed by atoms with van der Waals surface area (Å²) in [7, 11) is 0. The number of aryl methyl sites for hydroxylation is 3. The molecule has 5 rings (SSSR count). The van der Waals surface area contributed by atoms with E-state index in [1.807, 2.05) is 50.2 Å². The highest BCUT2D eigenvalue weighted by Crippen LogP contribution is 2.31. The molecule has 0 saturated carbocycles. The average Bonchev–Trinajstić information content (AvgIpc) is 3.48. The summed E-state index contributed by atoms with van der Waals surface area (Å²) in [4.78, 5) is 17.2. The Bertz CT molecular complexity index is 1500. The van der Waals surface area contributed by atoms with E-state index in [2.05, 4.69) is 39.7 Å². The van der Waals surface area contributed by atoms with E-state index in [-0.39, 0.29) is 11.7 Å². The Morgan fingerprint density at radius 2 is 1.88 bits per heavy atom. The first-order valence-electron chi connectivity index (χ1n) is 10.5. The normalized spacial score (nSPS) is 11.3. The molecule has 0 bridgehead atoms. The first-order valence-corrected chi connectivity index (χ1v) is 12.3. The second-order valence-electron chi connectivity index (χ2n) is 7.90. The molecule has 34 heavy (non-hydrogen) atoms. The topological polar surface area (TPSA) is 117 Å². The van der Waals surface area contributed by atoms with Gasteiger partial charge in [0.2, 0.25) is 11.1 Å². The Kier molecular flexibility index (Phi) is 5.80. The first-order chi connectivity index (χ1) is 16.4. The van der Waals surface area contributed by atoms with Gasteiger partial charge in [0, 0.05) is 16.9 Å². The van der Waals surface area contributed by atoms with Crippen LogP contribution in [-0.4, -0.2) is 41.3 Å². The van der Waals surface area contributed by atoms with E-state index < -0.39 is 0 Å². The number of hydrogen-bond donors (Lipinski definition) is 2. The Morgan fingerprint density at radius 1 is 1.09 bits per heavy atom. The fraction of sp³-hybridized carbons (Fsp3) is 0.174. The van der Waals surface area contributed by atoms with Crippen molar-refractivity contribution in [1.29, 1.82) is 0 Å². The lowest BCUT2D eigenvalue weighted by Gasteiger charge is -2.06. The molecule has 0 saturated heterocycles. The minimum Gasteiger partial charge on any atom is -0.334 e. The standard InChI is InChI=1S/C23H22N8OS2/c1-13-4-9-18-19(10-13)34-21(26-18)16-5-7-17(8-6-16)25-20(32)12-33-23-28-27-22(30(23)24)31-15(3)11-14(2)29-31/h4-11H,12,24H2,1-3H3,(H,25,32). The van der Waals surface area contributed by atoms with Gasteiger partial charge in [0.15, 0.2) is 0 Å². The fourth-order valence-corrected chi connectivity index (χ4v) is 5.24. The highest BCUT2D eigenvalue weighted by Gasteiger charge is 2.16. The van der Waals surface area contributed by atoms with Gasteiger partial charge in [-0.3, -0.25) is 4.79 Å². The second kappa shape index (κ2) is 8.92. The van der Waals surface area contributed by atoms with Crippen LogP contribution in [0, 0.1) is 20.8 Å². The van der Waals surface area contributed by atoms with E-state index in [1.165, 1.54) is 22.0 Å². The van der Waals surface area contributed by atoms with E-state index in [0.717, 1.165) is 32.2 Å². The zero-order valence-corrected chi connectivity index (χ0v) is 20.4. The fourth-order valence-electron chi connectivity index (χ4n) is 3.52. The number of thiazole rings is 1. The van der Waals surface area contributed by atoms with Gasteiger partial charge in [0.1, 0.15) is 5.01 Å². The van der Waals surface area contributed by atoms with Crippen LogP contribution in [-0.2, 0) is 4.79 Å². The van der Waals surface area contributed by atoms with Crippen LogP contribution in [0.1, 0.15) is 17.0 Å². The molecular weight excluding hydrogens is 468 g/mol. The number of amides is 1. The third kappa shape index (κ3) is 4.39. The highest BCUT2D eigenvalue weighted by atomic mass is 32.2. The van der Waals surface area contributed by atoms with Gasteiger partial charge in [0.25, 0.3) is 5.95 Å². The summed E-state index contributed by atoms with van der Waals surface area (Å²) in [6.07, 6.45) is 0. The third-order valence-corrected chi connectivity index (χ3v) is 7.15. The first kappa shape index (κ1) is 22.1. The number of nitrogens with zero attached hydrogens (tertiary/aromatic N) is 6. The molecule has 3 aromatic heterocycles. The summed E-state index contributed by atoms with van der Waals surface area (Å²) < 4.78 is 4.13. The zero-order valence-electron chi connectivity index (χ0n) is 18.8. The number of nitrogens with one attached hydrogen (secondary N) is 1. The molecule has 2 aromatic carbocycles. The van der Waals surface area contributed by atoms with Crippen LogP contribution < -0.4 is 11.2 Å². The lowest BCUT2D eigenvalue weighted by atomic mass is 10.2. The van der Waals surface area contributed by atoms with Crippen molar-refractivity contribution in [2.24, 2.45) is 0 Å². The molecular formula is C23H22N8OS2. The Morgan fingerprint density at radius 3 is 2.62 bits per heavy atom. The molecule has 5 aromatic rings. The van der Waals surface area contributed by atoms with Gasteiger partial charge in [-0.05, 0) is 68.8 Å². The predicted molar refractivity (Wildman–Crippen MR) is 136 cm³/mol. The van der Waals surface area contributed by atoms with Crippen LogP contribution >= 0.6 is 23.1 Å². The molecule has 172 valence electrons. The lowest BCUT2D eigenvalue weighted by molar-refractivity contribution is -0.113. The lowest BCUT2D eigenvalue weighted by Crippen LogP contribution is -2.18. The Labute approximate surface area is 204 Å². The molecule has 11 heteroatoms. The zero-order chi connectivity index (χ0) is 23.8. The van der Waals surface area contributed by atoms with Crippen molar-refractivity contribution >= 4 is 44.9 Å². The monoisotopic (exact) mass is 490 g/mol. The van der Waals surface area contributed by atoms with Gasteiger partial charge in [-0.1, -0.05) is 17.8 Å². The Balaban J connectivity index is 1.22. The number of anilines is 1. The van der Waals surface area contributed by atoms with Crippen LogP contribution in [0.2, 0.25) is 0 Å². The molecule has 3 N–H and O–H groups in total. The van der Waals surface area contributed by atoms with Crippen molar-refractivity contribution in [1.82, 2.24) is 29.6 Å². The molecule has 9 nitrogen and oxygen atoms in total. The van der Waals surface area contributed by atoms with E-state index in [0.29, 0.717) is 16.8 Å². The minimum atomic E-state index is -0.163. The van der Waals surface area contributed by atoms with Gasteiger partial charge >= 0.3 is 0 Å². The van der Waals surface area contributed by atoms with Crippen LogP contribution in [0.5, 0.6) is 0 Å². The summed E-state index contributed by atoms with van der Waals surface area (Å²) in [5, 5.41) is 16.9. The smallest absolute Gasteiger partial charge is 0.271 e. The van der Waals surface area contributed by atoms with Gasteiger partial charge in [-0.2, -0.15) is 5.10 Å². The number of hydrogen-bond acceptors (Lipinski definition) is 8. The number of rotatable bonds is 6. The van der Waals surface area contributed by atoms with Crippen molar-refractivity contribution in [3.8, 4) is 16.5 Å². The highest BCUT2D eigenvalue weighted by molar-refractivity contribution is 7.99. The summed E-state index contributed by atoms with van der Waals surface area (Å²) in [6.45, 7) is 5.89. The molecule has 0 aliphatic heterocycles. The molecule has 0 radical (unpaired) electrons. The molecule has 0 fully saturated rings. The van der Waals surface area contributed by atoms with Gasteiger partial charge in [-0.15, -0.1) is 21.5 Å². The van der Waals surface area contributed by atoms with Gasteiger partial charge < -0.3 is 11.2 Å². The molecule has 0 aliphatic rings. The number of nitrogens with two attached hydrogens (primary N) is 1. The molecule has 1 amide bonds.